The lowest BCUT2D eigenvalue weighted by molar-refractivity contribution is -0.386. The van der Waals surface area contributed by atoms with Gasteiger partial charge in [-0.05, 0) is 29.5 Å². The molecule has 0 radical (unpaired) electrons. The van der Waals surface area contributed by atoms with E-state index < -0.39 is 22.7 Å². The van der Waals surface area contributed by atoms with Crippen LogP contribution in [0.25, 0.3) is 0 Å². The Labute approximate surface area is 101 Å². The fraction of sp³-hybridized carbons (Fsp3) is 0.286. The Morgan fingerprint density at radius 2 is 2.12 bits per heavy atom. The molecule has 1 aromatic rings. The number of hydrogen-bond acceptors (Lipinski definition) is 4. The number of ether oxygens (including phenoxy) is 1. The van der Waals surface area contributed by atoms with E-state index in [0.717, 1.165) is 0 Å². The number of nitro groups is 1. The molecule has 9 heteroatoms. The van der Waals surface area contributed by atoms with E-state index in [1.807, 2.05) is 0 Å². The highest BCUT2D eigenvalue weighted by atomic mass is 127. The lowest BCUT2D eigenvalue weighted by Crippen LogP contribution is -2.18. The van der Waals surface area contributed by atoms with E-state index >= 15 is 0 Å². The summed E-state index contributed by atoms with van der Waals surface area (Å²) in [5.74, 6) is -0.667. The Bertz CT molecular complexity index is 436. The second-order valence-electron chi connectivity index (χ2n) is 2.69. The van der Waals surface area contributed by atoms with Gasteiger partial charge in [0.15, 0.2) is 9.45 Å². The third-order valence-corrected chi connectivity index (χ3v) is 2.32. The van der Waals surface area contributed by atoms with Gasteiger partial charge >= 0.3 is 12.0 Å². The minimum absolute atomic E-state index is 0.00891. The average Bonchev–Trinajstić information content (AvgIpc) is 2.07. The zero-order valence-corrected chi connectivity index (χ0v) is 9.87. The van der Waals surface area contributed by atoms with Crippen LogP contribution >= 0.6 is 22.6 Å². The maximum atomic E-state index is 11.9. The predicted molar refractivity (Wildman–Crippen MR) is 55.0 cm³/mol. The van der Waals surface area contributed by atoms with Crippen molar-refractivity contribution in [2.24, 2.45) is 0 Å². The molecule has 1 rings (SSSR count). The van der Waals surface area contributed by atoms with E-state index in [4.69, 9.17) is 0 Å². The molecule has 1 aromatic heterocycles. The molecule has 0 saturated heterocycles. The van der Waals surface area contributed by atoms with Crippen LogP contribution in [0.5, 0.6) is 5.75 Å². The van der Waals surface area contributed by atoms with Gasteiger partial charge in [-0.1, -0.05) is 0 Å². The Hall–Kier alpha value is -1.13. The van der Waals surface area contributed by atoms with Gasteiger partial charge in [-0.25, -0.2) is 4.98 Å². The van der Waals surface area contributed by atoms with Crippen molar-refractivity contribution in [2.75, 3.05) is 0 Å². The maximum Gasteiger partial charge on any atom is 0.573 e. The van der Waals surface area contributed by atoms with Crippen molar-refractivity contribution in [3.05, 3.63) is 25.6 Å². The molecule has 0 unspecified atom stereocenters. The van der Waals surface area contributed by atoms with E-state index in [0.29, 0.717) is 6.07 Å². The fourth-order valence-electron chi connectivity index (χ4n) is 0.904. The Kier molecular flexibility index (Phi) is 3.55. The summed E-state index contributed by atoms with van der Waals surface area (Å²) in [6.45, 7) is 1.27. The van der Waals surface area contributed by atoms with Crippen LogP contribution in [-0.4, -0.2) is 16.3 Å². The van der Waals surface area contributed by atoms with E-state index in [1.165, 1.54) is 6.92 Å². The number of hydrogen-bond donors (Lipinski definition) is 0. The fourth-order valence-corrected chi connectivity index (χ4v) is 1.62. The summed E-state index contributed by atoms with van der Waals surface area (Å²) in [6.07, 6.45) is -4.90. The zero-order valence-electron chi connectivity index (χ0n) is 7.71. The van der Waals surface area contributed by atoms with Gasteiger partial charge in [-0.15, -0.1) is 13.2 Å². The van der Waals surface area contributed by atoms with Crippen LogP contribution in [0.1, 0.15) is 5.69 Å². The average molecular weight is 348 g/mol. The first-order valence-electron chi connectivity index (χ1n) is 3.78. The van der Waals surface area contributed by atoms with E-state index in [-0.39, 0.29) is 9.39 Å². The number of aromatic nitrogens is 1. The summed E-state index contributed by atoms with van der Waals surface area (Å²) in [5.41, 5.74) is -0.585. The van der Waals surface area contributed by atoms with E-state index in [9.17, 15) is 23.3 Å². The van der Waals surface area contributed by atoms with Crippen LogP contribution in [0, 0.1) is 20.7 Å². The first kappa shape index (κ1) is 12.9. The van der Waals surface area contributed by atoms with Crippen LogP contribution in [0.3, 0.4) is 0 Å². The SMILES string of the molecule is Cc1nc(I)c([N+](=O)[O-])cc1OC(F)(F)F. The Morgan fingerprint density at radius 3 is 2.56 bits per heavy atom. The molecule has 5 nitrogen and oxygen atoms in total. The molecule has 0 aliphatic rings. The molecule has 0 bridgehead atoms. The van der Waals surface area contributed by atoms with Crippen LogP contribution in [0.15, 0.2) is 6.07 Å². The molecule has 0 aromatic carbocycles. The second-order valence-corrected chi connectivity index (χ2v) is 3.71. The number of nitrogens with zero attached hydrogens (tertiary/aromatic N) is 2. The molecule has 0 N–H and O–H groups in total. The molecule has 0 aliphatic heterocycles. The molecular formula is C7H4F3IN2O3. The molecule has 0 fully saturated rings. The molecule has 0 spiro atoms. The minimum Gasteiger partial charge on any atom is -0.404 e. The number of halogens is 4. The monoisotopic (exact) mass is 348 g/mol. The molecule has 16 heavy (non-hydrogen) atoms. The summed E-state index contributed by atoms with van der Waals surface area (Å²) >= 11 is 1.57. The smallest absolute Gasteiger partial charge is 0.404 e. The Balaban J connectivity index is 3.20. The largest absolute Gasteiger partial charge is 0.573 e. The summed E-state index contributed by atoms with van der Waals surface area (Å²) < 4.78 is 39.4. The van der Waals surface area contributed by atoms with Crippen molar-refractivity contribution in [1.82, 2.24) is 4.98 Å². The van der Waals surface area contributed by atoms with Gasteiger partial charge < -0.3 is 4.74 Å². The van der Waals surface area contributed by atoms with Crippen LogP contribution < -0.4 is 4.74 Å². The summed E-state index contributed by atoms with van der Waals surface area (Å²) in [7, 11) is 0. The molecular weight excluding hydrogens is 344 g/mol. The molecule has 0 aliphatic carbocycles. The second kappa shape index (κ2) is 4.39. The van der Waals surface area contributed by atoms with Crippen molar-refractivity contribution in [3.8, 4) is 5.75 Å². The first-order valence-corrected chi connectivity index (χ1v) is 4.86. The van der Waals surface area contributed by atoms with Crippen molar-refractivity contribution >= 4 is 28.3 Å². The zero-order chi connectivity index (χ0) is 12.5. The van der Waals surface area contributed by atoms with Gasteiger partial charge in [-0.2, -0.15) is 0 Å². The van der Waals surface area contributed by atoms with Gasteiger partial charge in [0.25, 0.3) is 0 Å². The van der Waals surface area contributed by atoms with Crippen molar-refractivity contribution in [3.63, 3.8) is 0 Å². The molecule has 0 amide bonds. The maximum absolute atomic E-state index is 11.9. The van der Waals surface area contributed by atoms with Crippen LogP contribution in [-0.2, 0) is 0 Å². The highest BCUT2D eigenvalue weighted by Crippen LogP contribution is 2.30. The van der Waals surface area contributed by atoms with Gasteiger partial charge in [-0.3, -0.25) is 10.1 Å². The molecule has 1 heterocycles. The van der Waals surface area contributed by atoms with E-state index in [2.05, 4.69) is 9.72 Å². The molecule has 0 atom stereocenters. The standard InChI is InChI=1S/C7H4F3IN2O3/c1-3-5(16-7(8,9)10)2-4(13(14)15)6(11)12-3/h2H,1H3. The van der Waals surface area contributed by atoms with Crippen LogP contribution in [0.4, 0.5) is 18.9 Å². The van der Waals surface area contributed by atoms with Crippen molar-refractivity contribution in [2.45, 2.75) is 13.3 Å². The quantitative estimate of drug-likeness (QED) is 0.357. The van der Waals surface area contributed by atoms with E-state index in [1.54, 1.807) is 22.6 Å². The van der Waals surface area contributed by atoms with Crippen molar-refractivity contribution in [1.29, 1.82) is 0 Å². The highest BCUT2D eigenvalue weighted by molar-refractivity contribution is 14.1. The Morgan fingerprint density at radius 1 is 1.56 bits per heavy atom. The predicted octanol–water partition coefficient (Wildman–Crippen LogP) is 2.80. The third-order valence-electron chi connectivity index (χ3n) is 1.52. The lowest BCUT2D eigenvalue weighted by Gasteiger charge is -2.10. The van der Waals surface area contributed by atoms with Gasteiger partial charge in [0.05, 0.1) is 16.7 Å². The molecule has 0 saturated carbocycles. The third kappa shape index (κ3) is 3.18. The van der Waals surface area contributed by atoms with Gasteiger partial charge in [0.1, 0.15) is 0 Å². The number of pyridine rings is 1. The number of rotatable bonds is 2. The summed E-state index contributed by atoms with van der Waals surface area (Å²) in [5, 5.41) is 10.5. The highest BCUT2D eigenvalue weighted by Gasteiger charge is 2.33. The number of alkyl halides is 3. The number of aryl methyl sites for hydroxylation is 1. The lowest BCUT2D eigenvalue weighted by atomic mass is 10.3. The topological polar surface area (TPSA) is 65.3 Å². The van der Waals surface area contributed by atoms with Gasteiger partial charge in [0.2, 0.25) is 0 Å². The van der Waals surface area contributed by atoms with Crippen molar-refractivity contribution < 1.29 is 22.8 Å². The normalized spacial score (nSPS) is 11.3. The summed E-state index contributed by atoms with van der Waals surface area (Å²) in [4.78, 5) is 13.3. The summed E-state index contributed by atoms with van der Waals surface area (Å²) in [6, 6.07) is 0.706. The van der Waals surface area contributed by atoms with Gasteiger partial charge in [0, 0.05) is 0 Å². The van der Waals surface area contributed by atoms with Crippen LogP contribution in [0.2, 0.25) is 0 Å². The first-order chi connectivity index (χ1) is 7.20. The molecule has 88 valence electrons. The minimum atomic E-state index is -4.90.